The molecule has 1 aromatic carbocycles. The van der Waals surface area contributed by atoms with Gasteiger partial charge in [0, 0.05) is 17.3 Å². The quantitative estimate of drug-likeness (QED) is 0.811. The summed E-state index contributed by atoms with van der Waals surface area (Å²) in [5.74, 6) is 1.31. The first-order valence-corrected chi connectivity index (χ1v) is 8.24. The number of anilines is 1. The van der Waals surface area contributed by atoms with Gasteiger partial charge < -0.3 is 10.5 Å². The molecule has 2 N–H and O–H groups in total. The predicted molar refractivity (Wildman–Crippen MR) is 76.5 cm³/mol. The summed E-state index contributed by atoms with van der Waals surface area (Å²) in [4.78, 5) is 0. The summed E-state index contributed by atoms with van der Waals surface area (Å²) in [6, 6.07) is 4.95. The minimum Gasteiger partial charge on any atom is -0.497 e. The van der Waals surface area contributed by atoms with Crippen LogP contribution in [0.15, 0.2) is 18.2 Å². The van der Waals surface area contributed by atoms with E-state index in [2.05, 4.69) is 15.5 Å². The molecule has 1 aliphatic rings. The second-order valence-electron chi connectivity index (χ2n) is 5.00. The van der Waals surface area contributed by atoms with Crippen molar-refractivity contribution in [1.82, 2.24) is 20.2 Å². The molecule has 1 aliphatic heterocycles. The first-order chi connectivity index (χ1) is 9.98. The van der Waals surface area contributed by atoms with Gasteiger partial charge in [-0.1, -0.05) is 0 Å². The van der Waals surface area contributed by atoms with Crippen molar-refractivity contribution in [2.45, 2.75) is 12.5 Å². The van der Waals surface area contributed by atoms with E-state index in [1.54, 1.807) is 30.0 Å². The standard InChI is InChI=1S/C12H15N5O3S/c1-20-11-5-8(4-9(13)6-11)12-14-15-16-17(12)10-2-3-21(18,19)7-10/h4-6,10H,2-3,7,13H2,1H3. The average Bonchev–Trinajstić information content (AvgIpc) is 3.03. The Balaban J connectivity index is 2.01. The fourth-order valence-corrected chi connectivity index (χ4v) is 4.16. The van der Waals surface area contributed by atoms with Gasteiger partial charge in [-0.2, -0.15) is 0 Å². The Labute approximate surface area is 121 Å². The van der Waals surface area contributed by atoms with Crippen molar-refractivity contribution in [1.29, 1.82) is 0 Å². The van der Waals surface area contributed by atoms with Crippen LogP contribution in [0.5, 0.6) is 5.75 Å². The number of nitrogens with zero attached hydrogens (tertiary/aromatic N) is 4. The molecular formula is C12H15N5O3S. The number of ether oxygens (including phenoxy) is 1. The minimum absolute atomic E-state index is 0.0600. The number of hydrogen-bond donors (Lipinski definition) is 1. The van der Waals surface area contributed by atoms with E-state index < -0.39 is 9.84 Å². The van der Waals surface area contributed by atoms with Gasteiger partial charge in [-0.3, -0.25) is 0 Å². The zero-order valence-electron chi connectivity index (χ0n) is 11.4. The molecular weight excluding hydrogens is 294 g/mol. The van der Waals surface area contributed by atoms with Crippen molar-refractivity contribution in [2.75, 3.05) is 24.3 Å². The summed E-state index contributed by atoms with van der Waals surface area (Å²) >= 11 is 0. The molecule has 1 fully saturated rings. The molecule has 0 radical (unpaired) electrons. The number of aromatic nitrogens is 4. The highest BCUT2D eigenvalue weighted by molar-refractivity contribution is 7.91. The lowest BCUT2D eigenvalue weighted by Crippen LogP contribution is -2.14. The third-order valence-corrected chi connectivity index (χ3v) is 5.22. The Kier molecular flexibility index (Phi) is 3.28. The highest BCUT2D eigenvalue weighted by Crippen LogP contribution is 2.30. The number of rotatable bonds is 3. The normalized spacial score (nSPS) is 20.5. The molecule has 1 aromatic heterocycles. The Bertz CT molecular complexity index is 771. The van der Waals surface area contributed by atoms with E-state index >= 15 is 0 Å². The first kappa shape index (κ1) is 13.8. The fourth-order valence-electron chi connectivity index (χ4n) is 2.47. The van der Waals surface area contributed by atoms with Crippen molar-refractivity contribution in [3.8, 4) is 17.1 Å². The molecule has 21 heavy (non-hydrogen) atoms. The zero-order chi connectivity index (χ0) is 15.0. The molecule has 0 spiro atoms. The smallest absolute Gasteiger partial charge is 0.182 e. The molecule has 2 heterocycles. The van der Waals surface area contributed by atoms with Gasteiger partial charge in [0.2, 0.25) is 0 Å². The van der Waals surface area contributed by atoms with E-state index in [1.807, 2.05) is 0 Å². The topological polar surface area (TPSA) is 113 Å². The van der Waals surface area contributed by atoms with Crippen LogP contribution in [-0.2, 0) is 9.84 Å². The number of methoxy groups -OCH3 is 1. The summed E-state index contributed by atoms with van der Waals surface area (Å²) in [6.07, 6.45) is 0.514. The van der Waals surface area contributed by atoms with Crippen LogP contribution in [0.4, 0.5) is 5.69 Å². The van der Waals surface area contributed by atoms with Crippen LogP contribution in [0.25, 0.3) is 11.4 Å². The van der Waals surface area contributed by atoms with Gasteiger partial charge >= 0.3 is 0 Å². The number of hydrogen-bond acceptors (Lipinski definition) is 7. The summed E-state index contributed by atoms with van der Waals surface area (Å²) in [5.41, 5.74) is 7.06. The van der Waals surface area contributed by atoms with Crippen molar-refractivity contribution >= 4 is 15.5 Å². The molecule has 0 amide bonds. The van der Waals surface area contributed by atoms with Gasteiger partial charge in [0.25, 0.3) is 0 Å². The van der Waals surface area contributed by atoms with Crippen molar-refractivity contribution in [2.24, 2.45) is 0 Å². The summed E-state index contributed by atoms with van der Waals surface area (Å²) in [5, 5.41) is 11.6. The zero-order valence-corrected chi connectivity index (χ0v) is 12.2. The molecule has 9 heteroatoms. The summed E-state index contributed by atoms with van der Waals surface area (Å²) in [6.45, 7) is 0. The maximum Gasteiger partial charge on any atom is 0.182 e. The van der Waals surface area contributed by atoms with E-state index in [1.165, 1.54) is 0 Å². The highest BCUT2D eigenvalue weighted by atomic mass is 32.2. The number of nitrogen functional groups attached to an aromatic ring is 1. The molecule has 0 bridgehead atoms. The van der Waals surface area contributed by atoms with Crippen LogP contribution in [0.1, 0.15) is 12.5 Å². The van der Waals surface area contributed by atoms with Crippen LogP contribution in [0.3, 0.4) is 0 Å². The van der Waals surface area contributed by atoms with E-state index in [0.29, 0.717) is 29.2 Å². The van der Waals surface area contributed by atoms with Crippen molar-refractivity contribution < 1.29 is 13.2 Å². The molecule has 1 unspecified atom stereocenters. The lowest BCUT2D eigenvalue weighted by molar-refractivity contribution is 0.415. The average molecular weight is 309 g/mol. The summed E-state index contributed by atoms with van der Waals surface area (Å²) < 4.78 is 30.0. The van der Waals surface area contributed by atoms with Crippen LogP contribution < -0.4 is 10.5 Å². The second kappa shape index (κ2) is 4.99. The van der Waals surface area contributed by atoms with Crippen LogP contribution in [0.2, 0.25) is 0 Å². The van der Waals surface area contributed by atoms with E-state index in [4.69, 9.17) is 10.5 Å². The Morgan fingerprint density at radius 3 is 2.86 bits per heavy atom. The van der Waals surface area contributed by atoms with Crippen LogP contribution >= 0.6 is 0 Å². The monoisotopic (exact) mass is 309 g/mol. The fraction of sp³-hybridized carbons (Fsp3) is 0.417. The Morgan fingerprint density at radius 1 is 1.38 bits per heavy atom. The maximum atomic E-state index is 11.6. The molecule has 2 aromatic rings. The number of tetrazole rings is 1. The Hall–Kier alpha value is -2.16. The van der Waals surface area contributed by atoms with Gasteiger partial charge in [0.15, 0.2) is 15.7 Å². The van der Waals surface area contributed by atoms with Gasteiger partial charge in [0.1, 0.15) is 5.75 Å². The molecule has 1 saturated heterocycles. The van der Waals surface area contributed by atoms with E-state index in [-0.39, 0.29) is 17.5 Å². The highest BCUT2D eigenvalue weighted by Gasteiger charge is 2.32. The van der Waals surface area contributed by atoms with Gasteiger partial charge in [-0.05, 0) is 29.0 Å². The summed E-state index contributed by atoms with van der Waals surface area (Å²) in [7, 11) is -1.46. The number of nitrogens with two attached hydrogens (primary N) is 1. The third-order valence-electron chi connectivity index (χ3n) is 3.47. The van der Waals surface area contributed by atoms with Crippen LogP contribution in [-0.4, -0.2) is 47.2 Å². The van der Waals surface area contributed by atoms with Crippen molar-refractivity contribution in [3.63, 3.8) is 0 Å². The first-order valence-electron chi connectivity index (χ1n) is 6.42. The molecule has 0 aliphatic carbocycles. The van der Waals surface area contributed by atoms with Gasteiger partial charge in [0.05, 0.1) is 24.7 Å². The predicted octanol–water partition coefficient (Wildman–Crippen LogP) is 0.290. The SMILES string of the molecule is COc1cc(N)cc(-c2nnnn2C2CCS(=O)(=O)C2)c1. The van der Waals surface area contributed by atoms with Crippen molar-refractivity contribution in [3.05, 3.63) is 18.2 Å². The van der Waals surface area contributed by atoms with Crippen LogP contribution in [0, 0.1) is 0 Å². The second-order valence-corrected chi connectivity index (χ2v) is 7.23. The van der Waals surface area contributed by atoms with E-state index in [0.717, 1.165) is 0 Å². The van der Waals surface area contributed by atoms with Gasteiger partial charge in [-0.15, -0.1) is 5.10 Å². The molecule has 0 saturated carbocycles. The van der Waals surface area contributed by atoms with E-state index in [9.17, 15) is 8.42 Å². The largest absolute Gasteiger partial charge is 0.497 e. The maximum absolute atomic E-state index is 11.6. The molecule has 112 valence electrons. The number of benzene rings is 1. The van der Waals surface area contributed by atoms with Gasteiger partial charge in [-0.25, -0.2) is 13.1 Å². The lowest BCUT2D eigenvalue weighted by Gasteiger charge is -2.11. The minimum atomic E-state index is -3.01. The molecule has 1 atom stereocenters. The number of sulfone groups is 1. The third kappa shape index (κ3) is 2.68. The molecule has 8 nitrogen and oxygen atoms in total. The lowest BCUT2D eigenvalue weighted by atomic mass is 10.1. The molecule has 3 rings (SSSR count). The Morgan fingerprint density at radius 2 is 2.19 bits per heavy atom.